The Morgan fingerprint density at radius 1 is 1.13 bits per heavy atom. The van der Waals surface area contributed by atoms with E-state index in [9.17, 15) is 4.79 Å². The number of aromatic nitrogens is 2. The Hall–Kier alpha value is -3.54. The van der Waals surface area contributed by atoms with Crippen molar-refractivity contribution in [3.8, 4) is 5.75 Å². The van der Waals surface area contributed by atoms with E-state index in [0.717, 1.165) is 29.0 Å². The summed E-state index contributed by atoms with van der Waals surface area (Å²) in [5.74, 6) is 1.64. The minimum absolute atomic E-state index is 0.265. The van der Waals surface area contributed by atoms with Gasteiger partial charge in [-0.2, -0.15) is 0 Å². The van der Waals surface area contributed by atoms with Crippen molar-refractivity contribution in [1.29, 1.82) is 0 Å². The van der Waals surface area contributed by atoms with Gasteiger partial charge in [-0.25, -0.2) is 4.98 Å². The number of fused-ring (bicyclic) bond motifs is 1. The Labute approximate surface area is 175 Å². The van der Waals surface area contributed by atoms with Gasteiger partial charge in [-0.3, -0.25) is 4.79 Å². The van der Waals surface area contributed by atoms with Crippen molar-refractivity contribution in [3.63, 3.8) is 0 Å². The molecule has 0 spiro atoms. The Bertz CT molecular complexity index is 1110. The molecule has 0 radical (unpaired) electrons. The van der Waals surface area contributed by atoms with Crippen LogP contribution in [0.5, 0.6) is 5.75 Å². The van der Waals surface area contributed by atoms with Gasteiger partial charge in [0.05, 0.1) is 29.9 Å². The zero-order valence-electron chi connectivity index (χ0n) is 17.2. The number of aryl methyl sites for hydroxylation is 1. The number of benzene rings is 2. The third-order valence-corrected chi connectivity index (χ3v) is 5.08. The van der Waals surface area contributed by atoms with Gasteiger partial charge in [-0.15, -0.1) is 0 Å². The fourth-order valence-corrected chi connectivity index (χ4v) is 3.48. The fourth-order valence-electron chi connectivity index (χ4n) is 3.48. The number of carbonyl (C=O) groups excluding carboxylic acids is 1. The molecule has 2 aromatic heterocycles. The molecule has 1 N–H and O–H groups in total. The number of rotatable bonds is 8. The molecule has 2 aromatic carbocycles. The fraction of sp³-hybridized carbons (Fsp3) is 0.250. The average molecular weight is 403 g/mol. The number of para-hydroxylation sites is 2. The van der Waals surface area contributed by atoms with E-state index < -0.39 is 0 Å². The van der Waals surface area contributed by atoms with Gasteiger partial charge in [-0.1, -0.05) is 31.2 Å². The first kappa shape index (κ1) is 19.8. The lowest BCUT2D eigenvalue weighted by molar-refractivity contribution is 0.0909. The summed E-state index contributed by atoms with van der Waals surface area (Å²) in [6.45, 7) is 5.17. The first-order valence-electron chi connectivity index (χ1n) is 10.2. The SMILES string of the molecule is CCc1ccc(OCCn2c([C@@H](C)NC(=O)c3ccco3)nc3ccccc32)cc1. The molecule has 0 aliphatic carbocycles. The Kier molecular flexibility index (Phi) is 5.84. The minimum atomic E-state index is -0.293. The molecule has 1 amide bonds. The molecule has 0 saturated heterocycles. The van der Waals surface area contributed by atoms with Crippen molar-refractivity contribution in [2.45, 2.75) is 32.9 Å². The highest BCUT2D eigenvalue weighted by Crippen LogP contribution is 2.22. The second kappa shape index (κ2) is 8.86. The van der Waals surface area contributed by atoms with E-state index in [1.165, 1.54) is 11.8 Å². The van der Waals surface area contributed by atoms with Crippen molar-refractivity contribution in [3.05, 3.63) is 84.1 Å². The summed E-state index contributed by atoms with van der Waals surface area (Å²) in [7, 11) is 0. The van der Waals surface area contributed by atoms with E-state index in [4.69, 9.17) is 14.1 Å². The summed E-state index contributed by atoms with van der Waals surface area (Å²) in [4.78, 5) is 17.2. The molecule has 0 aliphatic heterocycles. The first-order valence-corrected chi connectivity index (χ1v) is 10.2. The number of hydrogen-bond donors (Lipinski definition) is 1. The smallest absolute Gasteiger partial charge is 0.287 e. The lowest BCUT2D eigenvalue weighted by atomic mass is 10.2. The lowest BCUT2D eigenvalue weighted by Crippen LogP contribution is -2.28. The maximum Gasteiger partial charge on any atom is 0.287 e. The van der Waals surface area contributed by atoms with Gasteiger partial charge < -0.3 is 19.0 Å². The molecule has 154 valence electrons. The van der Waals surface area contributed by atoms with Crippen LogP contribution < -0.4 is 10.1 Å². The van der Waals surface area contributed by atoms with Gasteiger partial charge >= 0.3 is 0 Å². The molecule has 0 bridgehead atoms. The molecule has 2 heterocycles. The number of carbonyl (C=O) groups is 1. The van der Waals surface area contributed by atoms with Crippen LogP contribution in [0.4, 0.5) is 0 Å². The van der Waals surface area contributed by atoms with Gasteiger partial charge in [0.1, 0.15) is 18.2 Å². The predicted octanol–water partition coefficient (Wildman–Crippen LogP) is 4.76. The van der Waals surface area contributed by atoms with Crippen molar-refractivity contribution in [1.82, 2.24) is 14.9 Å². The van der Waals surface area contributed by atoms with Gasteiger partial charge in [-0.05, 0) is 55.3 Å². The van der Waals surface area contributed by atoms with Crippen molar-refractivity contribution in [2.75, 3.05) is 6.61 Å². The molecular weight excluding hydrogens is 378 g/mol. The van der Waals surface area contributed by atoms with Crippen LogP contribution in [0, 0.1) is 0 Å². The van der Waals surface area contributed by atoms with Crippen LogP contribution in [0.3, 0.4) is 0 Å². The molecule has 4 aromatic rings. The second-order valence-corrected chi connectivity index (χ2v) is 7.13. The average Bonchev–Trinajstić information content (AvgIpc) is 3.43. The highest BCUT2D eigenvalue weighted by molar-refractivity contribution is 5.91. The molecule has 0 saturated carbocycles. The second-order valence-electron chi connectivity index (χ2n) is 7.13. The summed E-state index contributed by atoms with van der Waals surface area (Å²) in [6, 6.07) is 19.2. The van der Waals surface area contributed by atoms with Gasteiger partial charge in [0, 0.05) is 0 Å². The number of nitrogens with one attached hydrogen (secondary N) is 1. The van der Waals surface area contributed by atoms with Crippen LogP contribution >= 0.6 is 0 Å². The Morgan fingerprint density at radius 3 is 2.67 bits per heavy atom. The number of hydrogen-bond acceptors (Lipinski definition) is 4. The van der Waals surface area contributed by atoms with Crippen LogP contribution in [-0.4, -0.2) is 22.1 Å². The van der Waals surface area contributed by atoms with Gasteiger partial charge in [0.15, 0.2) is 5.76 Å². The number of furan rings is 1. The first-order chi connectivity index (χ1) is 14.7. The van der Waals surface area contributed by atoms with Crippen LogP contribution in [-0.2, 0) is 13.0 Å². The summed E-state index contributed by atoms with van der Waals surface area (Å²) in [6.07, 6.45) is 2.49. The van der Waals surface area contributed by atoms with Crippen molar-refractivity contribution >= 4 is 16.9 Å². The molecule has 0 fully saturated rings. The largest absolute Gasteiger partial charge is 0.492 e. The van der Waals surface area contributed by atoms with Crippen molar-refractivity contribution < 1.29 is 13.9 Å². The number of nitrogens with zero attached hydrogens (tertiary/aromatic N) is 2. The maximum absolute atomic E-state index is 12.4. The zero-order valence-corrected chi connectivity index (χ0v) is 17.2. The maximum atomic E-state index is 12.4. The molecule has 1 atom stereocenters. The van der Waals surface area contributed by atoms with Gasteiger partial charge in [0.25, 0.3) is 5.91 Å². The standard InChI is InChI=1S/C24H25N3O3/c1-3-18-10-12-19(13-11-18)29-16-14-27-21-8-5-4-7-20(21)26-23(27)17(2)25-24(28)22-9-6-15-30-22/h4-13,15,17H,3,14,16H2,1-2H3,(H,25,28)/t17-/m1/s1. The Morgan fingerprint density at radius 2 is 1.93 bits per heavy atom. The van der Waals surface area contributed by atoms with Crippen LogP contribution in [0.15, 0.2) is 71.3 Å². The zero-order chi connectivity index (χ0) is 20.9. The van der Waals surface area contributed by atoms with Crippen LogP contribution in [0.25, 0.3) is 11.0 Å². The van der Waals surface area contributed by atoms with E-state index in [0.29, 0.717) is 13.2 Å². The summed E-state index contributed by atoms with van der Waals surface area (Å²) in [5.41, 5.74) is 3.18. The highest BCUT2D eigenvalue weighted by atomic mass is 16.5. The van der Waals surface area contributed by atoms with E-state index in [2.05, 4.69) is 28.9 Å². The third-order valence-electron chi connectivity index (χ3n) is 5.08. The normalized spacial score (nSPS) is 12.1. The quantitative estimate of drug-likeness (QED) is 0.460. The molecule has 0 unspecified atom stereocenters. The summed E-state index contributed by atoms with van der Waals surface area (Å²) >= 11 is 0. The van der Waals surface area contributed by atoms with E-state index in [1.807, 2.05) is 43.3 Å². The molecule has 4 rings (SSSR count). The highest BCUT2D eigenvalue weighted by Gasteiger charge is 2.20. The van der Waals surface area contributed by atoms with Crippen LogP contribution in [0.2, 0.25) is 0 Å². The third kappa shape index (κ3) is 4.22. The summed E-state index contributed by atoms with van der Waals surface area (Å²) in [5, 5.41) is 2.96. The number of imidazole rings is 1. The number of amides is 1. The lowest BCUT2D eigenvalue weighted by Gasteiger charge is -2.16. The Balaban J connectivity index is 1.51. The minimum Gasteiger partial charge on any atom is -0.492 e. The molecule has 30 heavy (non-hydrogen) atoms. The summed E-state index contributed by atoms with van der Waals surface area (Å²) < 4.78 is 13.2. The topological polar surface area (TPSA) is 69.3 Å². The van der Waals surface area contributed by atoms with E-state index in [-0.39, 0.29) is 17.7 Å². The van der Waals surface area contributed by atoms with Gasteiger partial charge in [0.2, 0.25) is 0 Å². The van der Waals surface area contributed by atoms with Crippen molar-refractivity contribution in [2.24, 2.45) is 0 Å². The van der Waals surface area contributed by atoms with E-state index >= 15 is 0 Å². The molecule has 6 heteroatoms. The predicted molar refractivity (Wildman–Crippen MR) is 116 cm³/mol. The molecule has 6 nitrogen and oxygen atoms in total. The van der Waals surface area contributed by atoms with Crippen LogP contribution in [0.1, 0.15) is 41.8 Å². The van der Waals surface area contributed by atoms with E-state index in [1.54, 1.807) is 12.1 Å². The monoisotopic (exact) mass is 403 g/mol. The molecule has 0 aliphatic rings. The number of ether oxygens (including phenoxy) is 1. The molecular formula is C24H25N3O3.